The Morgan fingerprint density at radius 1 is 1.19 bits per heavy atom. The quantitative estimate of drug-likeness (QED) is 0.715. The van der Waals surface area contributed by atoms with Crippen LogP contribution in [0.2, 0.25) is 0 Å². The maximum atomic E-state index is 12.4. The van der Waals surface area contributed by atoms with Crippen LogP contribution in [0.5, 0.6) is 5.75 Å². The van der Waals surface area contributed by atoms with Crippen molar-refractivity contribution in [3.8, 4) is 5.75 Å². The van der Waals surface area contributed by atoms with Crippen molar-refractivity contribution in [2.24, 2.45) is 0 Å². The molecule has 27 heavy (non-hydrogen) atoms. The van der Waals surface area contributed by atoms with E-state index in [0.29, 0.717) is 13.0 Å². The second kappa shape index (κ2) is 9.45. The summed E-state index contributed by atoms with van der Waals surface area (Å²) in [6.07, 6.45) is 3.51. The monoisotopic (exact) mass is 366 g/mol. The maximum absolute atomic E-state index is 12.4. The van der Waals surface area contributed by atoms with Crippen molar-refractivity contribution in [1.29, 1.82) is 0 Å². The highest BCUT2D eigenvalue weighted by molar-refractivity contribution is 5.81. The van der Waals surface area contributed by atoms with Crippen LogP contribution in [0.1, 0.15) is 37.3 Å². The van der Waals surface area contributed by atoms with Crippen LogP contribution in [0.15, 0.2) is 48.5 Å². The number of hydrogen-bond acceptors (Lipinski definition) is 3. The third kappa shape index (κ3) is 5.25. The molecular formula is C23H30N2O2. The number of amides is 1. The van der Waals surface area contributed by atoms with Crippen LogP contribution in [0.3, 0.4) is 0 Å². The molecular weight excluding hydrogens is 336 g/mol. The minimum Gasteiger partial charge on any atom is -0.481 e. The summed E-state index contributed by atoms with van der Waals surface area (Å²) in [4.78, 5) is 14.9. The van der Waals surface area contributed by atoms with Crippen LogP contribution in [0.4, 0.5) is 5.69 Å². The molecule has 0 bridgehead atoms. The van der Waals surface area contributed by atoms with Gasteiger partial charge in [-0.3, -0.25) is 4.79 Å². The highest BCUT2D eigenvalue weighted by atomic mass is 16.5. The average molecular weight is 367 g/mol. The Bertz CT molecular complexity index is 742. The molecule has 0 aromatic heterocycles. The molecule has 4 heteroatoms. The first-order valence-electron chi connectivity index (χ1n) is 10.0. The van der Waals surface area contributed by atoms with Crippen LogP contribution in [0.25, 0.3) is 0 Å². The molecule has 0 unspecified atom stereocenters. The average Bonchev–Trinajstić information content (AvgIpc) is 2.70. The van der Waals surface area contributed by atoms with Crippen LogP contribution in [-0.4, -0.2) is 31.6 Å². The van der Waals surface area contributed by atoms with Gasteiger partial charge in [-0.15, -0.1) is 0 Å². The molecule has 2 aromatic rings. The SMILES string of the molecule is CC[C@@H](Oc1ccc(C)cc1)C(=O)NCCCN1CCCc2ccccc21. The molecule has 1 atom stereocenters. The molecule has 0 radical (unpaired) electrons. The second-order valence-electron chi connectivity index (χ2n) is 7.19. The number of carbonyl (C=O) groups is 1. The number of benzene rings is 2. The van der Waals surface area contributed by atoms with Gasteiger partial charge < -0.3 is 15.0 Å². The summed E-state index contributed by atoms with van der Waals surface area (Å²) in [6, 6.07) is 16.5. The molecule has 144 valence electrons. The second-order valence-corrected chi connectivity index (χ2v) is 7.19. The molecule has 1 heterocycles. The lowest BCUT2D eigenvalue weighted by molar-refractivity contribution is -0.128. The van der Waals surface area contributed by atoms with Gasteiger partial charge in [0.25, 0.3) is 5.91 Å². The first kappa shape index (κ1) is 19.3. The fourth-order valence-electron chi connectivity index (χ4n) is 3.54. The predicted octanol–water partition coefficient (Wildman–Crippen LogP) is 4.11. The van der Waals surface area contributed by atoms with Gasteiger partial charge in [-0.25, -0.2) is 0 Å². The van der Waals surface area contributed by atoms with Gasteiger partial charge >= 0.3 is 0 Å². The smallest absolute Gasteiger partial charge is 0.261 e. The van der Waals surface area contributed by atoms with Gasteiger partial charge in [0.15, 0.2) is 6.10 Å². The molecule has 0 spiro atoms. The normalized spacial score (nSPS) is 14.4. The molecule has 0 saturated heterocycles. The number of nitrogens with one attached hydrogen (secondary N) is 1. The molecule has 0 aliphatic carbocycles. The molecule has 1 aliphatic heterocycles. The predicted molar refractivity (Wildman–Crippen MR) is 110 cm³/mol. The summed E-state index contributed by atoms with van der Waals surface area (Å²) in [5.74, 6) is 0.713. The van der Waals surface area contributed by atoms with Gasteiger partial charge in [0, 0.05) is 25.3 Å². The number of carbonyl (C=O) groups excluding carboxylic acids is 1. The topological polar surface area (TPSA) is 41.6 Å². The molecule has 1 N–H and O–H groups in total. The largest absolute Gasteiger partial charge is 0.481 e. The first-order valence-corrected chi connectivity index (χ1v) is 10.0. The number of hydrogen-bond donors (Lipinski definition) is 1. The van der Waals surface area contributed by atoms with Crippen molar-refractivity contribution in [2.45, 2.75) is 45.6 Å². The van der Waals surface area contributed by atoms with Crippen LogP contribution in [0, 0.1) is 6.92 Å². The van der Waals surface area contributed by atoms with Crippen molar-refractivity contribution in [1.82, 2.24) is 5.32 Å². The van der Waals surface area contributed by atoms with E-state index in [1.807, 2.05) is 38.1 Å². The van der Waals surface area contributed by atoms with Gasteiger partial charge in [0.1, 0.15) is 5.75 Å². The lowest BCUT2D eigenvalue weighted by atomic mass is 10.0. The Balaban J connectivity index is 1.44. The van der Waals surface area contributed by atoms with Crippen LogP contribution in [-0.2, 0) is 11.2 Å². The molecule has 1 aliphatic rings. The Labute approximate surface area is 162 Å². The van der Waals surface area contributed by atoms with E-state index in [-0.39, 0.29) is 5.91 Å². The third-order valence-electron chi connectivity index (χ3n) is 5.07. The zero-order valence-electron chi connectivity index (χ0n) is 16.4. The summed E-state index contributed by atoms with van der Waals surface area (Å²) in [6.45, 7) is 6.74. The van der Waals surface area contributed by atoms with Crippen LogP contribution >= 0.6 is 0 Å². The summed E-state index contributed by atoms with van der Waals surface area (Å²) in [5.41, 5.74) is 3.97. The van der Waals surface area contributed by atoms with Crippen molar-refractivity contribution < 1.29 is 9.53 Å². The van der Waals surface area contributed by atoms with Gasteiger partial charge in [0.2, 0.25) is 0 Å². The zero-order valence-corrected chi connectivity index (χ0v) is 16.4. The zero-order chi connectivity index (χ0) is 19.1. The number of rotatable bonds is 8. The Kier molecular flexibility index (Phi) is 6.74. The Morgan fingerprint density at radius 2 is 1.96 bits per heavy atom. The highest BCUT2D eigenvalue weighted by Crippen LogP contribution is 2.26. The number of ether oxygens (including phenoxy) is 1. The standard InChI is InChI=1S/C23H30N2O2/c1-3-22(27-20-13-11-18(2)12-14-20)23(26)24-15-7-17-25-16-6-9-19-8-4-5-10-21(19)25/h4-5,8,10-14,22H,3,6-7,9,15-17H2,1-2H3,(H,24,26)/t22-/m1/s1. The minimum absolute atomic E-state index is 0.0304. The number of para-hydroxylation sites is 1. The van der Waals surface area contributed by atoms with Crippen molar-refractivity contribution in [3.05, 3.63) is 59.7 Å². The lowest BCUT2D eigenvalue weighted by Gasteiger charge is -2.31. The van der Waals surface area contributed by atoms with Gasteiger partial charge in [0.05, 0.1) is 0 Å². The van der Waals surface area contributed by atoms with E-state index < -0.39 is 6.10 Å². The van der Waals surface area contributed by atoms with Crippen molar-refractivity contribution in [3.63, 3.8) is 0 Å². The maximum Gasteiger partial charge on any atom is 0.261 e. The molecule has 0 fully saturated rings. The minimum atomic E-state index is -0.441. The molecule has 2 aromatic carbocycles. The summed E-state index contributed by atoms with van der Waals surface area (Å²) < 4.78 is 5.85. The van der Waals surface area contributed by atoms with Crippen LogP contribution < -0.4 is 15.0 Å². The molecule has 3 rings (SSSR count). The number of anilines is 1. The van der Waals surface area contributed by atoms with E-state index in [1.165, 1.54) is 23.2 Å². The number of aryl methyl sites for hydroxylation is 2. The van der Waals surface area contributed by atoms with Crippen molar-refractivity contribution >= 4 is 11.6 Å². The summed E-state index contributed by atoms with van der Waals surface area (Å²) >= 11 is 0. The molecule has 4 nitrogen and oxygen atoms in total. The summed E-state index contributed by atoms with van der Waals surface area (Å²) in [5, 5.41) is 3.04. The lowest BCUT2D eigenvalue weighted by Crippen LogP contribution is -2.39. The number of nitrogens with zero attached hydrogens (tertiary/aromatic N) is 1. The van der Waals surface area contributed by atoms with E-state index in [4.69, 9.17) is 4.74 Å². The van der Waals surface area contributed by atoms with Gasteiger partial charge in [-0.2, -0.15) is 0 Å². The van der Waals surface area contributed by atoms with Crippen molar-refractivity contribution in [2.75, 3.05) is 24.5 Å². The van der Waals surface area contributed by atoms with Gasteiger partial charge in [-0.1, -0.05) is 42.8 Å². The van der Waals surface area contributed by atoms with E-state index in [2.05, 4.69) is 34.5 Å². The molecule has 1 amide bonds. The van der Waals surface area contributed by atoms with E-state index >= 15 is 0 Å². The van der Waals surface area contributed by atoms with E-state index in [9.17, 15) is 4.79 Å². The summed E-state index contributed by atoms with van der Waals surface area (Å²) in [7, 11) is 0. The van der Waals surface area contributed by atoms with E-state index in [0.717, 1.165) is 31.7 Å². The molecule has 0 saturated carbocycles. The fraction of sp³-hybridized carbons (Fsp3) is 0.435. The third-order valence-corrected chi connectivity index (χ3v) is 5.07. The first-order chi connectivity index (χ1) is 13.2. The Hall–Kier alpha value is -2.49. The number of fused-ring (bicyclic) bond motifs is 1. The van der Waals surface area contributed by atoms with Gasteiger partial charge in [-0.05, 0) is 56.4 Å². The van der Waals surface area contributed by atoms with E-state index in [1.54, 1.807) is 0 Å². The Morgan fingerprint density at radius 3 is 2.74 bits per heavy atom. The highest BCUT2D eigenvalue weighted by Gasteiger charge is 2.19. The fourth-order valence-corrected chi connectivity index (χ4v) is 3.54.